The molecule has 0 aromatic heterocycles. The van der Waals surface area contributed by atoms with Crippen molar-refractivity contribution in [3.63, 3.8) is 0 Å². The molecule has 2 unspecified atom stereocenters. The van der Waals surface area contributed by atoms with Crippen molar-refractivity contribution in [3.8, 4) is 11.5 Å². The number of piperidine rings is 1. The van der Waals surface area contributed by atoms with E-state index in [1.807, 2.05) is 6.07 Å². The van der Waals surface area contributed by atoms with Gasteiger partial charge in [-0.05, 0) is 51.1 Å². The average molecular weight is 250 g/mol. The number of rotatable bonds is 3. The van der Waals surface area contributed by atoms with Crippen molar-refractivity contribution in [2.45, 2.75) is 38.4 Å². The van der Waals surface area contributed by atoms with E-state index >= 15 is 0 Å². The Morgan fingerprint density at radius 2 is 2.11 bits per heavy atom. The highest BCUT2D eigenvalue weighted by molar-refractivity contribution is 5.40. The van der Waals surface area contributed by atoms with Gasteiger partial charge in [0.25, 0.3) is 0 Å². The Bertz CT molecular complexity index is 409. The van der Waals surface area contributed by atoms with Gasteiger partial charge in [0, 0.05) is 18.6 Å². The van der Waals surface area contributed by atoms with Crippen LogP contribution in [0.25, 0.3) is 0 Å². The van der Waals surface area contributed by atoms with Crippen LogP contribution in [0.4, 0.5) is 0 Å². The first-order chi connectivity index (χ1) is 8.56. The molecule has 1 aromatic carbocycles. The molecule has 18 heavy (non-hydrogen) atoms. The van der Waals surface area contributed by atoms with Gasteiger partial charge < -0.3 is 20.4 Å². The van der Waals surface area contributed by atoms with Gasteiger partial charge in [-0.1, -0.05) is 6.07 Å². The molecule has 0 spiro atoms. The van der Waals surface area contributed by atoms with Crippen molar-refractivity contribution in [1.29, 1.82) is 0 Å². The Morgan fingerprint density at radius 3 is 2.78 bits per heavy atom. The Labute approximate surface area is 108 Å². The lowest BCUT2D eigenvalue weighted by Crippen LogP contribution is -2.45. The Morgan fingerprint density at radius 1 is 1.33 bits per heavy atom. The van der Waals surface area contributed by atoms with Gasteiger partial charge in [-0.25, -0.2) is 0 Å². The fourth-order valence-electron chi connectivity index (χ4n) is 2.42. The van der Waals surface area contributed by atoms with Gasteiger partial charge in [-0.15, -0.1) is 0 Å². The third-order valence-corrected chi connectivity index (χ3v) is 3.84. The predicted molar refractivity (Wildman–Crippen MR) is 71.7 cm³/mol. The number of nitrogens with zero attached hydrogens (tertiary/aromatic N) is 1. The normalized spacial score (nSPS) is 25.2. The molecule has 1 saturated heterocycles. The van der Waals surface area contributed by atoms with Crippen LogP contribution < -0.4 is 5.32 Å². The van der Waals surface area contributed by atoms with Crippen molar-refractivity contribution in [1.82, 2.24) is 10.2 Å². The molecule has 4 nitrogen and oxygen atoms in total. The molecular formula is C14H22N2O2. The van der Waals surface area contributed by atoms with E-state index in [1.165, 1.54) is 6.07 Å². The summed E-state index contributed by atoms with van der Waals surface area (Å²) in [7, 11) is 2.17. The van der Waals surface area contributed by atoms with Crippen LogP contribution in [0.3, 0.4) is 0 Å². The molecule has 0 amide bonds. The van der Waals surface area contributed by atoms with Gasteiger partial charge in [0.1, 0.15) is 0 Å². The number of hydrogen-bond acceptors (Lipinski definition) is 4. The maximum atomic E-state index is 9.43. The molecule has 0 radical (unpaired) electrons. The molecule has 1 aliphatic heterocycles. The molecule has 100 valence electrons. The standard InChI is InChI=1S/C14H22N2O2/c1-10-7-12(5-6-16(10)2)15-9-11-3-4-13(17)14(18)8-11/h3-4,8,10,12,15,17-18H,5-7,9H2,1-2H3. The van der Waals surface area contributed by atoms with Crippen LogP contribution in [0, 0.1) is 0 Å². The minimum atomic E-state index is -0.0633. The Balaban J connectivity index is 1.86. The van der Waals surface area contributed by atoms with Crippen LogP contribution in [0.15, 0.2) is 18.2 Å². The molecule has 3 N–H and O–H groups in total. The summed E-state index contributed by atoms with van der Waals surface area (Å²) in [4.78, 5) is 2.38. The average Bonchev–Trinajstić information content (AvgIpc) is 2.35. The lowest BCUT2D eigenvalue weighted by Gasteiger charge is -2.35. The maximum absolute atomic E-state index is 9.43. The van der Waals surface area contributed by atoms with E-state index in [4.69, 9.17) is 0 Å². The zero-order chi connectivity index (χ0) is 13.1. The fraction of sp³-hybridized carbons (Fsp3) is 0.571. The molecule has 1 aromatic rings. The van der Waals surface area contributed by atoms with E-state index in [2.05, 4.69) is 24.2 Å². The van der Waals surface area contributed by atoms with Crippen molar-refractivity contribution in [3.05, 3.63) is 23.8 Å². The highest BCUT2D eigenvalue weighted by Gasteiger charge is 2.22. The summed E-state index contributed by atoms with van der Waals surface area (Å²) in [6, 6.07) is 6.13. The van der Waals surface area contributed by atoms with E-state index in [9.17, 15) is 10.2 Å². The minimum Gasteiger partial charge on any atom is -0.504 e. The predicted octanol–water partition coefficient (Wildman–Crippen LogP) is 1.67. The van der Waals surface area contributed by atoms with Crippen molar-refractivity contribution in [2.24, 2.45) is 0 Å². The number of aromatic hydroxyl groups is 2. The number of nitrogens with one attached hydrogen (secondary N) is 1. The van der Waals surface area contributed by atoms with Crippen LogP contribution in [0.1, 0.15) is 25.3 Å². The molecule has 4 heteroatoms. The van der Waals surface area contributed by atoms with Gasteiger partial charge in [0.2, 0.25) is 0 Å². The van der Waals surface area contributed by atoms with Crippen molar-refractivity contribution < 1.29 is 10.2 Å². The SMILES string of the molecule is CC1CC(NCc2ccc(O)c(O)c2)CCN1C. The highest BCUT2D eigenvalue weighted by atomic mass is 16.3. The first-order valence-corrected chi connectivity index (χ1v) is 6.50. The van der Waals surface area contributed by atoms with Crippen molar-refractivity contribution in [2.75, 3.05) is 13.6 Å². The second kappa shape index (κ2) is 5.59. The molecule has 1 fully saturated rings. The summed E-state index contributed by atoms with van der Waals surface area (Å²) >= 11 is 0. The zero-order valence-electron chi connectivity index (χ0n) is 11.1. The van der Waals surface area contributed by atoms with Crippen LogP contribution in [-0.4, -0.2) is 40.8 Å². The van der Waals surface area contributed by atoms with Gasteiger partial charge in [-0.2, -0.15) is 0 Å². The monoisotopic (exact) mass is 250 g/mol. The van der Waals surface area contributed by atoms with E-state index in [0.717, 1.165) is 31.5 Å². The third-order valence-electron chi connectivity index (χ3n) is 3.84. The number of hydrogen-bond donors (Lipinski definition) is 3. The summed E-state index contributed by atoms with van der Waals surface area (Å²) < 4.78 is 0. The van der Waals surface area contributed by atoms with Gasteiger partial charge in [0.05, 0.1) is 0 Å². The molecule has 1 aliphatic rings. The van der Waals surface area contributed by atoms with Crippen LogP contribution in [0.5, 0.6) is 11.5 Å². The smallest absolute Gasteiger partial charge is 0.157 e. The summed E-state index contributed by atoms with van der Waals surface area (Å²) in [5.41, 5.74) is 0.997. The summed E-state index contributed by atoms with van der Waals surface area (Å²) in [5, 5.41) is 22.2. The molecule has 2 atom stereocenters. The molecule has 0 saturated carbocycles. The van der Waals surface area contributed by atoms with Gasteiger partial charge in [0.15, 0.2) is 11.5 Å². The first kappa shape index (κ1) is 13.2. The molecule has 1 heterocycles. The second-order valence-corrected chi connectivity index (χ2v) is 5.25. The summed E-state index contributed by atoms with van der Waals surface area (Å²) in [6.45, 7) is 4.11. The topological polar surface area (TPSA) is 55.7 Å². The lowest BCUT2D eigenvalue weighted by molar-refractivity contribution is 0.168. The number of benzene rings is 1. The quantitative estimate of drug-likeness (QED) is 0.714. The van der Waals surface area contributed by atoms with E-state index in [-0.39, 0.29) is 11.5 Å². The summed E-state index contributed by atoms with van der Waals surface area (Å²) in [5.74, 6) is -0.113. The first-order valence-electron chi connectivity index (χ1n) is 6.50. The van der Waals surface area contributed by atoms with E-state index in [1.54, 1.807) is 6.07 Å². The molecule has 0 bridgehead atoms. The summed E-state index contributed by atoms with van der Waals surface area (Å²) in [6.07, 6.45) is 2.31. The van der Waals surface area contributed by atoms with E-state index < -0.39 is 0 Å². The zero-order valence-corrected chi connectivity index (χ0v) is 11.1. The largest absolute Gasteiger partial charge is 0.504 e. The number of phenols is 2. The van der Waals surface area contributed by atoms with Crippen molar-refractivity contribution >= 4 is 0 Å². The lowest BCUT2D eigenvalue weighted by atomic mass is 9.98. The van der Waals surface area contributed by atoms with Crippen LogP contribution in [-0.2, 0) is 6.54 Å². The van der Waals surface area contributed by atoms with Gasteiger partial charge >= 0.3 is 0 Å². The molecule has 0 aliphatic carbocycles. The third kappa shape index (κ3) is 3.15. The second-order valence-electron chi connectivity index (χ2n) is 5.25. The Kier molecular flexibility index (Phi) is 4.09. The highest BCUT2D eigenvalue weighted by Crippen LogP contribution is 2.25. The molecule has 2 rings (SSSR count). The minimum absolute atomic E-state index is 0.0500. The number of likely N-dealkylation sites (tertiary alicyclic amines) is 1. The number of phenolic OH excluding ortho intramolecular Hbond substituents is 2. The fourth-order valence-corrected chi connectivity index (χ4v) is 2.42. The van der Waals surface area contributed by atoms with E-state index in [0.29, 0.717) is 12.1 Å². The van der Waals surface area contributed by atoms with Crippen LogP contribution >= 0.6 is 0 Å². The Hall–Kier alpha value is -1.26. The molecular weight excluding hydrogens is 228 g/mol. The van der Waals surface area contributed by atoms with Gasteiger partial charge in [-0.3, -0.25) is 0 Å². The van der Waals surface area contributed by atoms with Crippen LogP contribution in [0.2, 0.25) is 0 Å². The maximum Gasteiger partial charge on any atom is 0.157 e.